The summed E-state index contributed by atoms with van der Waals surface area (Å²) in [5.41, 5.74) is 1.53. The molecular formula is C20H21F2NO4. The number of halogens is 2. The fourth-order valence-electron chi connectivity index (χ4n) is 2.30. The van der Waals surface area contributed by atoms with Crippen LogP contribution in [0.4, 0.5) is 13.6 Å². The summed E-state index contributed by atoms with van der Waals surface area (Å²) in [6.45, 7) is -2.26. The van der Waals surface area contributed by atoms with Crippen LogP contribution in [0.1, 0.15) is 11.1 Å². The topological polar surface area (TPSA) is 64.6 Å². The molecule has 0 radical (unpaired) electrons. The zero-order chi connectivity index (χ0) is 19.5. The summed E-state index contributed by atoms with van der Waals surface area (Å²) in [4.78, 5) is 24.3. The number of hydrogen-bond acceptors (Lipinski definition) is 4. The van der Waals surface area contributed by atoms with E-state index in [4.69, 9.17) is 9.47 Å². The van der Waals surface area contributed by atoms with Gasteiger partial charge in [-0.25, -0.2) is 18.4 Å². The number of hydrogen-bond donors (Lipinski definition) is 1. The van der Waals surface area contributed by atoms with Crippen molar-refractivity contribution in [2.75, 3.05) is 13.3 Å². The van der Waals surface area contributed by atoms with Crippen LogP contribution in [0.2, 0.25) is 0 Å². The summed E-state index contributed by atoms with van der Waals surface area (Å²) >= 11 is 0. The molecule has 2 aromatic rings. The zero-order valence-electron chi connectivity index (χ0n) is 14.6. The van der Waals surface area contributed by atoms with Crippen LogP contribution in [-0.4, -0.2) is 37.6 Å². The molecule has 0 saturated heterocycles. The molecule has 1 atom stereocenters. The van der Waals surface area contributed by atoms with E-state index in [-0.39, 0.29) is 13.0 Å². The minimum absolute atomic E-state index is 0.0252. The van der Waals surface area contributed by atoms with Crippen molar-refractivity contribution in [1.29, 1.82) is 0 Å². The van der Waals surface area contributed by atoms with Crippen LogP contribution in [0.3, 0.4) is 0 Å². The number of carbonyl (C=O) groups is 2. The lowest BCUT2D eigenvalue weighted by Crippen LogP contribution is -2.45. The molecule has 0 heterocycles. The Balaban J connectivity index is 1.99. The number of ether oxygens (including phenoxy) is 2. The van der Waals surface area contributed by atoms with Gasteiger partial charge in [0.1, 0.15) is 26.0 Å². The summed E-state index contributed by atoms with van der Waals surface area (Å²) in [5, 5.41) is 2.41. The Kier molecular flexibility index (Phi) is 8.22. The minimum atomic E-state index is -1.49. The Morgan fingerprint density at radius 3 is 2.00 bits per heavy atom. The number of rotatable bonds is 9. The molecule has 2 aromatic carbocycles. The molecule has 0 aliphatic rings. The second kappa shape index (κ2) is 10.9. The average Bonchev–Trinajstić information content (AvgIpc) is 2.71. The standard InChI is InChI=1S/C20H21F2NO4/c21-12-17(13-22)27-19(24)18(11-15-7-3-1-4-8-15)23-20(25)26-14-16-9-5-2-6-10-16/h1-10,17-18H,11-14H2,(H,23,25). The smallest absolute Gasteiger partial charge is 0.408 e. The highest BCUT2D eigenvalue weighted by molar-refractivity contribution is 5.81. The van der Waals surface area contributed by atoms with E-state index in [9.17, 15) is 18.4 Å². The van der Waals surface area contributed by atoms with Crippen molar-refractivity contribution in [3.63, 3.8) is 0 Å². The van der Waals surface area contributed by atoms with Crippen molar-refractivity contribution < 1.29 is 27.8 Å². The Hall–Kier alpha value is -2.96. The Morgan fingerprint density at radius 2 is 1.44 bits per heavy atom. The number of alkyl carbamates (subject to hydrolysis) is 1. The van der Waals surface area contributed by atoms with Crippen LogP contribution in [0.15, 0.2) is 60.7 Å². The maximum Gasteiger partial charge on any atom is 0.408 e. The summed E-state index contributed by atoms with van der Waals surface area (Å²) < 4.78 is 35.2. The van der Waals surface area contributed by atoms with Gasteiger partial charge >= 0.3 is 12.1 Å². The maximum atomic E-state index is 12.7. The van der Waals surface area contributed by atoms with Gasteiger partial charge in [0.15, 0.2) is 6.10 Å². The highest BCUT2D eigenvalue weighted by Gasteiger charge is 2.26. The predicted molar refractivity (Wildman–Crippen MR) is 95.5 cm³/mol. The van der Waals surface area contributed by atoms with Gasteiger partial charge < -0.3 is 14.8 Å². The molecule has 1 unspecified atom stereocenters. The predicted octanol–water partition coefficient (Wildman–Crippen LogP) is 3.37. The fraction of sp³-hybridized carbons (Fsp3) is 0.300. The lowest BCUT2D eigenvalue weighted by molar-refractivity contribution is -0.153. The van der Waals surface area contributed by atoms with Crippen LogP contribution < -0.4 is 5.32 Å². The van der Waals surface area contributed by atoms with Crippen molar-refractivity contribution in [2.45, 2.75) is 25.2 Å². The SMILES string of the molecule is O=C(NC(Cc1ccccc1)C(=O)OC(CF)CF)OCc1ccccc1. The summed E-state index contributed by atoms with van der Waals surface area (Å²) in [7, 11) is 0. The van der Waals surface area contributed by atoms with Crippen LogP contribution in [0, 0.1) is 0 Å². The van der Waals surface area contributed by atoms with E-state index in [0.717, 1.165) is 11.1 Å². The second-order valence-corrected chi connectivity index (χ2v) is 5.82. The molecule has 1 amide bonds. The van der Waals surface area contributed by atoms with Crippen molar-refractivity contribution in [1.82, 2.24) is 5.32 Å². The van der Waals surface area contributed by atoms with Gasteiger partial charge in [0.25, 0.3) is 0 Å². The van der Waals surface area contributed by atoms with Crippen LogP contribution in [0.25, 0.3) is 0 Å². The summed E-state index contributed by atoms with van der Waals surface area (Å²) in [6, 6.07) is 16.8. The molecule has 5 nitrogen and oxygen atoms in total. The van der Waals surface area contributed by atoms with E-state index in [1.165, 1.54) is 0 Å². The third-order valence-electron chi connectivity index (χ3n) is 3.70. The lowest BCUT2D eigenvalue weighted by Gasteiger charge is -2.20. The third kappa shape index (κ3) is 7.05. The first-order valence-corrected chi connectivity index (χ1v) is 8.46. The molecular weight excluding hydrogens is 356 g/mol. The summed E-state index contributed by atoms with van der Waals surface area (Å²) in [6.07, 6.45) is -2.21. The van der Waals surface area contributed by atoms with Crippen LogP contribution >= 0.6 is 0 Å². The lowest BCUT2D eigenvalue weighted by atomic mass is 10.1. The largest absolute Gasteiger partial charge is 0.455 e. The molecule has 0 bridgehead atoms. The normalized spacial score (nSPS) is 11.7. The summed E-state index contributed by atoms with van der Waals surface area (Å²) in [5.74, 6) is -0.921. The highest BCUT2D eigenvalue weighted by atomic mass is 19.1. The Morgan fingerprint density at radius 1 is 0.889 bits per heavy atom. The van der Waals surface area contributed by atoms with E-state index in [1.807, 2.05) is 6.07 Å². The number of carbonyl (C=O) groups excluding carboxylic acids is 2. The Bertz CT molecular complexity index is 708. The van der Waals surface area contributed by atoms with E-state index in [0.29, 0.717) is 0 Å². The molecule has 27 heavy (non-hydrogen) atoms. The van der Waals surface area contributed by atoms with Crippen molar-refractivity contribution in [2.24, 2.45) is 0 Å². The number of esters is 1. The van der Waals surface area contributed by atoms with Crippen LogP contribution in [0.5, 0.6) is 0 Å². The van der Waals surface area contributed by atoms with Gasteiger partial charge in [0.2, 0.25) is 0 Å². The molecule has 0 fully saturated rings. The first kappa shape index (κ1) is 20.4. The molecule has 0 spiro atoms. The first-order chi connectivity index (χ1) is 13.1. The maximum absolute atomic E-state index is 12.7. The van der Waals surface area contributed by atoms with Crippen molar-refractivity contribution in [3.8, 4) is 0 Å². The monoisotopic (exact) mass is 377 g/mol. The quantitative estimate of drug-likeness (QED) is 0.681. The van der Waals surface area contributed by atoms with Gasteiger partial charge in [-0.1, -0.05) is 60.7 Å². The Labute approximate surface area is 156 Å². The van der Waals surface area contributed by atoms with Gasteiger partial charge in [0.05, 0.1) is 0 Å². The van der Waals surface area contributed by atoms with E-state index in [1.54, 1.807) is 54.6 Å². The highest BCUT2D eigenvalue weighted by Crippen LogP contribution is 2.08. The number of alkyl halides is 2. The fourth-order valence-corrected chi connectivity index (χ4v) is 2.30. The number of nitrogens with one attached hydrogen (secondary N) is 1. The van der Waals surface area contributed by atoms with Crippen molar-refractivity contribution >= 4 is 12.1 Å². The van der Waals surface area contributed by atoms with E-state index in [2.05, 4.69) is 5.32 Å². The van der Waals surface area contributed by atoms with Gasteiger partial charge in [-0.2, -0.15) is 0 Å². The molecule has 0 saturated carbocycles. The first-order valence-electron chi connectivity index (χ1n) is 8.46. The third-order valence-corrected chi connectivity index (χ3v) is 3.70. The average molecular weight is 377 g/mol. The van der Waals surface area contributed by atoms with Gasteiger partial charge in [-0.3, -0.25) is 0 Å². The van der Waals surface area contributed by atoms with Gasteiger partial charge in [0, 0.05) is 6.42 Å². The molecule has 1 N–H and O–H groups in total. The van der Waals surface area contributed by atoms with E-state index < -0.39 is 37.6 Å². The molecule has 2 rings (SSSR count). The molecule has 7 heteroatoms. The number of benzene rings is 2. The van der Waals surface area contributed by atoms with Gasteiger partial charge in [-0.05, 0) is 11.1 Å². The minimum Gasteiger partial charge on any atom is -0.455 e. The van der Waals surface area contributed by atoms with E-state index >= 15 is 0 Å². The van der Waals surface area contributed by atoms with Crippen LogP contribution in [-0.2, 0) is 27.3 Å². The molecule has 0 aliphatic carbocycles. The molecule has 0 aliphatic heterocycles. The second-order valence-electron chi connectivity index (χ2n) is 5.82. The zero-order valence-corrected chi connectivity index (χ0v) is 14.6. The van der Waals surface area contributed by atoms with Gasteiger partial charge in [-0.15, -0.1) is 0 Å². The number of amides is 1. The molecule has 144 valence electrons. The van der Waals surface area contributed by atoms with Crippen molar-refractivity contribution in [3.05, 3.63) is 71.8 Å². The molecule has 0 aromatic heterocycles.